The second-order valence-electron chi connectivity index (χ2n) is 0.860. The Kier molecular flexibility index (Phi) is 6.29. The van der Waals surface area contributed by atoms with Crippen LogP contribution in [0.1, 0.15) is 0 Å². The number of hydrogen-bond donors (Lipinski definition) is 0. The normalized spacial score (nSPS) is 8.44. The highest BCUT2D eigenvalue weighted by Gasteiger charge is 1.83. The molecule has 0 unspecified atom stereocenters. The summed E-state index contributed by atoms with van der Waals surface area (Å²) in [4.78, 5) is 3.56. The molecule has 0 spiro atoms. The molecule has 0 radical (unpaired) electrons. The van der Waals surface area contributed by atoms with Gasteiger partial charge in [0.05, 0.1) is 6.20 Å². The molecule has 1 aromatic rings. The van der Waals surface area contributed by atoms with Crippen LogP contribution in [-0.2, 0) is 9.60 Å². The van der Waals surface area contributed by atoms with Crippen molar-refractivity contribution in [2.45, 2.75) is 0 Å². The van der Waals surface area contributed by atoms with Crippen molar-refractivity contribution in [3.63, 3.8) is 0 Å². The summed E-state index contributed by atoms with van der Waals surface area (Å²) in [6, 6.07) is 0. The van der Waals surface area contributed by atoms with Crippen molar-refractivity contribution in [2.75, 3.05) is 0 Å². The van der Waals surface area contributed by atoms with Gasteiger partial charge in [-0.05, 0) is 0 Å². The summed E-state index contributed by atoms with van der Waals surface area (Å²) in [5, 5.41) is 0. The van der Waals surface area contributed by atoms with Crippen LogP contribution in [0.2, 0.25) is 0 Å². The van der Waals surface area contributed by atoms with Crippen LogP contribution in [-0.4, -0.2) is 9.54 Å². The lowest BCUT2D eigenvalue weighted by Crippen LogP contribution is -1.63. The molecule has 0 saturated heterocycles. The Morgan fingerprint density at radius 2 is 2.11 bits per heavy atom. The molecule has 0 N–H and O–H groups in total. The third-order valence-corrected chi connectivity index (χ3v) is 0.347. The third-order valence-electron chi connectivity index (χ3n) is 0.347. The van der Waals surface area contributed by atoms with Crippen LogP contribution in [0.4, 0.5) is 0 Å². The van der Waals surface area contributed by atoms with Crippen LogP contribution in [0, 0.1) is 0 Å². The van der Waals surface area contributed by atoms with E-state index in [1.54, 1.807) is 6.20 Å². The lowest BCUT2D eigenvalue weighted by molar-refractivity contribution is 0.558. The van der Waals surface area contributed by atoms with Gasteiger partial charge in [-0.3, -0.25) is 0 Å². The van der Waals surface area contributed by atoms with Gasteiger partial charge in [0.25, 0.3) is 0 Å². The molecule has 0 aliphatic rings. The highest BCUT2D eigenvalue weighted by atomic mass is 36.0. The monoisotopic (exact) mass is 187 g/mol. The van der Waals surface area contributed by atoms with E-state index in [0.29, 0.717) is 0 Å². The predicted molar refractivity (Wildman–Crippen MR) is 36.4 cm³/mol. The van der Waals surface area contributed by atoms with E-state index in [-0.39, 0.29) is 0 Å². The molecule has 0 aliphatic heterocycles. The Labute approximate surface area is 64.2 Å². The summed E-state index contributed by atoms with van der Waals surface area (Å²) in [5.74, 6) is 0. The standard InChI is InChI=1S/C3H3NO.Cl2OS/c1-2-5-3-4-1;1-4(2)3/h1-3H;. The molecule has 0 atom stereocenters. The van der Waals surface area contributed by atoms with E-state index in [4.69, 9.17) is 4.55 Å². The third kappa shape index (κ3) is 11.6. The quantitative estimate of drug-likeness (QED) is 0.582. The van der Waals surface area contributed by atoms with Gasteiger partial charge in [0.15, 0.2) is 37.4 Å². The van der Waals surface area contributed by atoms with Crippen LogP contribution in [0.15, 0.2) is 23.3 Å². The van der Waals surface area contributed by atoms with Crippen molar-refractivity contribution in [1.29, 1.82) is 0 Å². The van der Waals surface area contributed by atoms with Crippen molar-refractivity contribution < 1.29 is 8.97 Å². The smallest absolute Gasteiger partial charge is 0.198 e. The van der Waals surface area contributed by atoms with Crippen molar-refractivity contribution in [3.05, 3.63) is 18.9 Å². The predicted octanol–water partition coefficient (Wildman–Crippen LogP) is 1.72. The minimum Gasteiger partial charge on any atom is -0.582 e. The van der Waals surface area contributed by atoms with E-state index in [2.05, 4.69) is 30.8 Å². The first-order chi connectivity index (χ1) is 4.23. The van der Waals surface area contributed by atoms with Gasteiger partial charge in [0.2, 0.25) is 0 Å². The van der Waals surface area contributed by atoms with Crippen molar-refractivity contribution in [3.8, 4) is 0 Å². The van der Waals surface area contributed by atoms with Crippen LogP contribution >= 0.6 is 21.4 Å². The highest BCUT2D eigenvalue weighted by Crippen LogP contribution is 1.98. The average molecular weight is 188 g/mol. The van der Waals surface area contributed by atoms with E-state index >= 15 is 0 Å². The van der Waals surface area contributed by atoms with Gasteiger partial charge in [-0.1, -0.05) is 0 Å². The Hall–Kier alpha value is 0.1000. The van der Waals surface area contributed by atoms with Gasteiger partial charge in [-0.2, -0.15) is 0 Å². The first-order valence-corrected chi connectivity index (χ1v) is 4.60. The number of nitrogens with zero attached hydrogens (tertiary/aromatic N) is 1. The summed E-state index contributed by atoms with van der Waals surface area (Å²) < 4.78 is 13.6. The van der Waals surface area contributed by atoms with Crippen LogP contribution in [0.3, 0.4) is 0 Å². The Morgan fingerprint density at radius 3 is 2.22 bits per heavy atom. The lowest BCUT2D eigenvalue weighted by Gasteiger charge is -1.73. The molecule has 0 aromatic carbocycles. The van der Waals surface area contributed by atoms with Gasteiger partial charge in [-0.15, -0.1) is 0 Å². The number of hydrogen-bond acceptors (Lipinski definition) is 3. The van der Waals surface area contributed by atoms with E-state index in [1.807, 2.05) is 0 Å². The zero-order valence-corrected chi connectivity index (χ0v) is 6.49. The fraction of sp³-hybridized carbons (Fsp3) is 0. The maximum atomic E-state index is 9.09. The first-order valence-electron chi connectivity index (χ1n) is 1.80. The molecule has 1 rings (SSSR count). The molecule has 1 aromatic heterocycles. The largest absolute Gasteiger partial charge is 0.582 e. The molecule has 0 aliphatic carbocycles. The number of oxazole rings is 1. The summed E-state index contributed by atoms with van der Waals surface area (Å²) >= 11 is 0. The zero-order valence-electron chi connectivity index (χ0n) is 4.16. The molecule has 9 heavy (non-hydrogen) atoms. The second-order valence-corrected chi connectivity index (χ2v) is 3.38. The highest BCUT2D eigenvalue weighted by molar-refractivity contribution is 8.31. The van der Waals surface area contributed by atoms with Crippen molar-refractivity contribution in [2.24, 2.45) is 0 Å². The van der Waals surface area contributed by atoms with Gasteiger partial charge in [0, 0.05) is 0 Å². The fourth-order valence-electron chi connectivity index (χ4n) is 0.176. The molecule has 1 heterocycles. The van der Waals surface area contributed by atoms with Gasteiger partial charge in [-0.25, -0.2) is 4.98 Å². The number of halogens is 2. The minimum atomic E-state index is -1.67. The van der Waals surface area contributed by atoms with Crippen LogP contribution in [0.5, 0.6) is 0 Å². The number of rotatable bonds is 0. The second kappa shape index (κ2) is 6.22. The van der Waals surface area contributed by atoms with E-state index in [0.717, 1.165) is 0 Å². The Balaban J connectivity index is 0.000000148. The molecular weight excluding hydrogens is 185 g/mol. The molecule has 3 nitrogen and oxygen atoms in total. The summed E-state index contributed by atoms with van der Waals surface area (Å²) in [7, 11) is 7.36. The van der Waals surface area contributed by atoms with E-state index < -0.39 is 9.60 Å². The Morgan fingerprint density at radius 1 is 1.56 bits per heavy atom. The summed E-state index contributed by atoms with van der Waals surface area (Å²) in [6.45, 7) is 0. The topological polar surface area (TPSA) is 49.1 Å². The van der Waals surface area contributed by atoms with Crippen molar-refractivity contribution >= 4 is 31.0 Å². The van der Waals surface area contributed by atoms with Gasteiger partial charge in [0.1, 0.15) is 6.26 Å². The van der Waals surface area contributed by atoms with Gasteiger partial charge >= 0.3 is 0 Å². The first kappa shape index (κ1) is 9.10. The van der Waals surface area contributed by atoms with Crippen LogP contribution in [0.25, 0.3) is 0 Å². The minimum absolute atomic E-state index is 1.38. The van der Waals surface area contributed by atoms with Gasteiger partial charge < -0.3 is 8.97 Å². The summed E-state index contributed by atoms with van der Waals surface area (Å²) in [5.41, 5.74) is 0. The summed E-state index contributed by atoms with van der Waals surface area (Å²) in [6.07, 6.45) is 4.47. The molecule has 0 fully saturated rings. The molecular formula is C3H3Cl2NO2S. The lowest BCUT2D eigenvalue weighted by atomic mass is 11.0. The SMILES string of the molecule is [O-][S+](Cl)Cl.c1cocn1. The van der Waals surface area contributed by atoms with E-state index in [1.165, 1.54) is 12.7 Å². The molecule has 6 heteroatoms. The number of aromatic nitrogens is 1. The van der Waals surface area contributed by atoms with Crippen molar-refractivity contribution in [1.82, 2.24) is 4.98 Å². The van der Waals surface area contributed by atoms with Crippen LogP contribution < -0.4 is 0 Å². The maximum absolute atomic E-state index is 9.09. The maximum Gasteiger partial charge on any atom is 0.198 e. The zero-order chi connectivity index (χ0) is 7.11. The van der Waals surface area contributed by atoms with E-state index in [9.17, 15) is 0 Å². The molecule has 0 amide bonds. The molecule has 0 saturated carbocycles. The average Bonchev–Trinajstić information content (AvgIpc) is 2.11. The Bertz CT molecular complexity index is 103. The molecule has 0 bridgehead atoms. The molecule has 52 valence electrons. The fourth-order valence-corrected chi connectivity index (χ4v) is 0.176.